The highest BCUT2D eigenvalue weighted by Gasteiger charge is 2.36. The van der Waals surface area contributed by atoms with E-state index in [0.29, 0.717) is 12.1 Å². The Kier molecular flexibility index (Phi) is 3.71. The molecule has 0 aromatic carbocycles. The van der Waals surface area contributed by atoms with Crippen LogP contribution < -0.4 is 5.32 Å². The third-order valence-corrected chi connectivity index (χ3v) is 3.38. The molecule has 0 amide bonds. The predicted octanol–water partition coefficient (Wildman–Crippen LogP) is 1.35. The molecule has 94 valence electrons. The largest absolute Gasteiger partial charge is 0.522 e. The Morgan fingerprint density at radius 3 is 2.81 bits per heavy atom. The van der Waals surface area contributed by atoms with Crippen LogP contribution in [0.4, 0.5) is 13.2 Å². The molecule has 2 aliphatic rings. The quantitative estimate of drug-likeness (QED) is 0.748. The van der Waals surface area contributed by atoms with Crippen molar-refractivity contribution in [1.82, 2.24) is 10.2 Å². The van der Waals surface area contributed by atoms with Crippen LogP contribution in [0.5, 0.6) is 0 Å². The van der Waals surface area contributed by atoms with Crippen molar-refractivity contribution in [3.8, 4) is 0 Å². The van der Waals surface area contributed by atoms with E-state index in [2.05, 4.69) is 15.0 Å². The second-order valence-corrected chi connectivity index (χ2v) is 4.39. The number of rotatable bonds is 4. The monoisotopic (exact) mass is 238 g/mol. The molecule has 2 aliphatic heterocycles. The van der Waals surface area contributed by atoms with Crippen molar-refractivity contribution in [1.29, 1.82) is 0 Å². The Morgan fingerprint density at radius 2 is 2.06 bits per heavy atom. The first-order valence-electron chi connectivity index (χ1n) is 5.74. The molecule has 0 bridgehead atoms. The van der Waals surface area contributed by atoms with Crippen LogP contribution >= 0.6 is 0 Å². The van der Waals surface area contributed by atoms with Gasteiger partial charge in [-0.3, -0.25) is 9.64 Å². The normalized spacial score (nSPS) is 30.9. The van der Waals surface area contributed by atoms with Gasteiger partial charge in [0.05, 0.1) is 6.61 Å². The van der Waals surface area contributed by atoms with Crippen LogP contribution in [0.15, 0.2) is 0 Å². The summed E-state index contributed by atoms with van der Waals surface area (Å²) in [5, 5.41) is 3.16. The molecular formula is C10H17F3N2O. The van der Waals surface area contributed by atoms with Crippen molar-refractivity contribution in [3.05, 3.63) is 0 Å². The molecule has 2 fully saturated rings. The van der Waals surface area contributed by atoms with E-state index >= 15 is 0 Å². The second kappa shape index (κ2) is 4.89. The lowest BCUT2D eigenvalue weighted by molar-refractivity contribution is -0.323. The molecule has 0 aliphatic carbocycles. The molecule has 2 heterocycles. The maximum atomic E-state index is 11.7. The lowest BCUT2D eigenvalue weighted by Crippen LogP contribution is -2.40. The Balaban J connectivity index is 1.63. The first kappa shape index (κ1) is 12.1. The smallest absolute Gasteiger partial charge is 0.310 e. The highest BCUT2D eigenvalue weighted by Crippen LogP contribution is 2.27. The minimum Gasteiger partial charge on any atom is -0.310 e. The summed E-state index contributed by atoms with van der Waals surface area (Å²) in [7, 11) is 0. The molecule has 2 saturated heterocycles. The summed E-state index contributed by atoms with van der Waals surface area (Å²) < 4.78 is 38.9. The van der Waals surface area contributed by atoms with E-state index in [4.69, 9.17) is 0 Å². The van der Waals surface area contributed by atoms with E-state index < -0.39 is 6.36 Å². The highest BCUT2D eigenvalue weighted by molar-refractivity contribution is 4.95. The molecule has 1 N–H and O–H groups in total. The van der Waals surface area contributed by atoms with E-state index in [1.165, 1.54) is 6.42 Å². The number of hydrogen-bond acceptors (Lipinski definition) is 3. The molecule has 0 aromatic rings. The van der Waals surface area contributed by atoms with E-state index in [1.807, 2.05) is 0 Å². The molecular weight excluding hydrogens is 221 g/mol. The van der Waals surface area contributed by atoms with Gasteiger partial charge in [-0.2, -0.15) is 0 Å². The van der Waals surface area contributed by atoms with Crippen molar-refractivity contribution in [2.75, 3.05) is 26.2 Å². The zero-order chi connectivity index (χ0) is 11.6. The van der Waals surface area contributed by atoms with Crippen molar-refractivity contribution < 1.29 is 17.9 Å². The fourth-order valence-corrected chi connectivity index (χ4v) is 2.73. The summed E-state index contributed by atoms with van der Waals surface area (Å²) in [6, 6.07) is 0.880. The fraction of sp³-hybridized carbons (Fsp3) is 1.00. The zero-order valence-corrected chi connectivity index (χ0v) is 9.09. The average molecular weight is 238 g/mol. The van der Waals surface area contributed by atoms with Gasteiger partial charge in [-0.05, 0) is 25.8 Å². The molecule has 2 atom stereocenters. The Bertz CT molecular complexity index is 235. The van der Waals surface area contributed by atoms with Gasteiger partial charge in [-0.1, -0.05) is 0 Å². The number of nitrogens with one attached hydrogen (secondary N) is 1. The minimum absolute atomic E-state index is 0.272. The van der Waals surface area contributed by atoms with E-state index in [0.717, 1.165) is 25.9 Å². The molecule has 0 saturated carbocycles. The van der Waals surface area contributed by atoms with Gasteiger partial charge in [-0.25, -0.2) is 0 Å². The van der Waals surface area contributed by atoms with Crippen LogP contribution in [0.1, 0.15) is 19.3 Å². The number of ether oxygens (including phenoxy) is 1. The average Bonchev–Trinajstić information content (AvgIpc) is 2.73. The van der Waals surface area contributed by atoms with Crippen LogP contribution in [0, 0.1) is 0 Å². The van der Waals surface area contributed by atoms with Crippen LogP contribution in [0.25, 0.3) is 0 Å². The topological polar surface area (TPSA) is 24.5 Å². The zero-order valence-electron chi connectivity index (χ0n) is 9.09. The van der Waals surface area contributed by atoms with Crippen molar-refractivity contribution in [2.45, 2.75) is 37.7 Å². The van der Waals surface area contributed by atoms with Crippen molar-refractivity contribution in [2.24, 2.45) is 0 Å². The summed E-state index contributed by atoms with van der Waals surface area (Å²) >= 11 is 0. The third kappa shape index (κ3) is 3.09. The van der Waals surface area contributed by atoms with Gasteiger partial charge in [0.2, 0.25) is 0 Å². The molecule has 0 radical (unpaired) electrons. The van der Waals surface area contributed by atoms with Crippen LogP contribution in [-0.2, 0) is 4.74 Å². The van der Waals surface area contributed by atoms with Gasteiger partial charge < -0.3 is 5.32 Å². The number of nitrogens with zero attached hydrogens (tertiary/aromatic N) is 1. The highest BCUT2D eigenvalue weighted by atomic mass is 19.4. The summed E-state index contributed by atoms with van der Waals surface area (Å²) in [5.74, 6) is 0. The Labute approximate surface area is 92.9 Å². The molecule has 0 spiro atoms. The predicted molar refractivity (Wildman–Crippen MR) is 53.0 cm³/mol. The maximum absolute atomic E-state index is 11.7. The summed E-state index contributed by atoms with van der Waals surface area (Å²) in [4.78, 5) is 2.42. The van der Waals surface area contributed by atoms with E-state index in [1.54, 1.807) is 0 Å². The van der Waals surface area contributed by atoms with Crippen LogP contribution in [0.2, 0.25) is 0 Å². The number of alkyl halides is 3. The first-order valence-corrected chi connectivity index (χ1v) is 5.74. The lowest BCUT2D eigenvalue weighted by Gasteiger charge is -2.21. The maximum Gasteiger partial charge on any atom is 0.522 e. The summed E-state index contributed by atoms with van der Waals surface area (Å²) in [6.45, 7) is 2.19. The van der Waals surface area contributed by atoms with Crippen molar-refractivity contribution >= 4 is 0 Å². The van der Waals surface area contributed by atoms with Gasteiger partial charge in [0.1, 0.15) is 0 Å². The fourth-order valence-electron chi connectivity index (χ4n) is 2.73. The van der Waals surface area contributed by atoms with Crippen LogP contribution in [-0.4, -0.2) is 49.6 Å². The van der Waals surface area contributed by atoms with Crippen LogP contribution in [0.3, 0.4) is 0 Å². The summed E-state index contributed by atoms with van der Waals surface area (Å²) in [5.41, 5.74) is 0. The third-order valence-electron chi connectivity index (χ3n) is 3.38. The second-order valence-electron chi connectivity index (χ2n) is 4.39. The van der Waals surface area contributed by atoms with E-state index in [9.17, 15) is 13.2 Å². The number of halogens is 3. The molecule has 2 rings (SSSR count). The molecule has 0 aromatic heterocycles. The number of hydrogen-bond donors (Lipinski definition) is 1. The molecule has 6 heteroatoms. The van der Waals surface area contributed by atoms with Gasteiger partial charge in [0.15, 0.2) is 0 Å². The van der Waals surface area contributed by atoms with Crippen molar-refractivity contribution in [3.63, 3.8) is 0 Å². The minimum atomic E-state index is -4.50. The van der Waals surface area contributed by atoms with Gasteiger partial charge in [0.25, 0.3) is 0 Å². The molecule has 16 heavy (non-hydrogen) atoms. The Hall–Kier alpha value is -0.330. The SMILES string of the molecule is FC(F)(F)OCCNC1CCN2CCCC12. The molecule has 3 nitrogen and oxygen atoms in total. The summed E-state index contributed by atoms with van der Waals surface area (Å²) in [6.07, 6.45) is -1.09. The lowest BCUT2D eigenvalue weighted by atomic mass is 10.1. The van der Waals surface area contributed by atoms with Gasteiger partial charge >= 0.3 is 6.36 Å². The molecule has 2 unspecified atom stereocenters. The Morgan fingerprint density at radius 1 is 1.25 bits per heavy atom. The number of fused-ring (bicyclic) bond motifs is 1. The standard InChI is InChI=1S/C10H17F3N2O/c11-10(12,13)16-7-4-14-8-3-6-15-5-1-2-9(8)15/h8-9,14H,1-7H2. The first-order chi connectivity index (χ1) is 7.56. The van der Waals surface area contributed by atoms with Gasteiger partial charge in [-0.15, -0.1) is 13.2 Å². The van der Waals surface area contributed by atoms with Gasteiger partial charge in [0, 0.05) is 25.2 Å². The van der Waals surface area contributed by atoms with E-state index in [-0.39, 0.29) is 13.2 Å².